The molecular weight excluding hydrogens is 295 g/mol. The second kappa shape index (κ2) is 5.38. The van der Waals surface area contributed by atoms with Crippen molar-refractivity contribution in [3.8, 4) is 0 Å². The predicted molar refractivity (Wildman–Crippen MR) is 80.1 cm³/mol. The Kier molecular flexibility index (Phi) is 3.59. The molecule has 0 amide bonds. The van der Waals surface area contributed by atoms with Gasteiger partial charge in [-0.15, -0.1) is 11.6 Å². The largest absolute Gasteiger partial charge is 0.307 e. The summed E-state index contributed by atoms with van der Waals surface area (Å²) in [7, 11) is 0. The van der Waals surface area contributed by atoms with Crippen LogP contribution in [-0.2, 0) is 6.54 Å². The number of halogens is 2. The highest BCUT2D eigenvalue weighted by Gasteiger charge is 2.16. The molecule has 3 aromatic rings. The third-order valence-electron chi connectivity index (χ3n) is 3.00. The van der Waals surface area contributed by atoms with Crippen molar-refractivity contribution in [2.75, 3.05) is 0 Å². The smallest absolute Gasteiger partial charge is 0.160 e. The SMILES string of the molecule is CC(Cl)c1nc2cc(Cl)cnc2n1Cc1cccnc1. The molecule has 3 rings (SSSR count). The second-order valence-electron chi connectivity index (χ2n) is 4.53. The van der Waals surface area contributed by atoms with Crippen molar-refractivity contribution in [2.45, 2.75) is 18.8 Å². The summed E-state index contributed by atoms with van der Waals surface area (Å²) >= 11 is 12.2. The van der Waals surface area contributed by atoms with E-state index in [1.54, 1.807) is 18.5 Å². The standard InChI is InChI=1S/C14H12Cl2N4/c1-9(15)13-19-12-5-11(16)7-18-14(12)20(13)8-10-3-2-4-17-6-10/h2-7,9H,8H2,1H3. The molecule has 0 aliphatic carbocycles. The maximum Gasteiger partial charge on any atom is 0.160 e. The average molecular weight is 307 g/mol. The van der Waals surface area contributed by atoms with Crippen molar-refractivity contribution < 1.29 is 0 Å². The number of imidazole rings is 1. The molecule has 0 N–H and O–H groups in total. The van der Waals surface area contributed by atoms with Gasteiger partial charge in [-0.3, -0.25) is 4.98 Å². The van der Waals surface area contributed by atoms with Gasteiger partial charge in [0.25, 0.3) is 0 Å². The quantitative estimate of drug-likeness (QED) is 0.691. The normalized spacial score (nSPS) is 12.8. The molecule has 0 aliphatic heterocycles. The number of hydrogen-bond acceptors (Lipinski definition) is 3. The van der Waals surface area contributed by atoms with Gasteiger partial charge in [0, 0.05) is 18.6 Å². The Morgan fingerprint density at radius 2 is 2.20 bits per heavy atom. The number of aromatic nitrogens is 4. The van der Waals surface area contributed by atoms with Gasteiger partial charge in [-0.05, 0) is 24.6 Å². The first-order chi connectivity index (χ1) is 9.65. The molecular formula is C14H12Cl2N4. The Morgan fingerprint density at radius 1 is 1.35 bits per heavy atom. The minimum absolute atomic E-state index is 0.209. The van der Waals surface area contributed by atoms with E-state index in [1.165, 1.54) is 0 Å². The molecule has 1 unspecified atom stereocenters. The fourth-order valence-electron chi connectivity index (χ4n) is 2.14. The molecule has 0 aliphatic rings. The van der Waals surface area contributed by atoms with Crippen molar-refractivity contribution in [1.29, 1.82) is 0 Å². The molecule has 102 valence electrons. The molecule has 1 atom stereocenters. The summed E-state index contributed by atoms with van der Waals surface area (Å²) in [4.78, 5) is 13.0. The van der Waals surface area contributed by atoms with Crippen LogP contribution in [0.15, 0.2) is 36.8 Å². The van der Waals surface area contributed by atoms with Crippen molar-refractivity contribution >= 4 is 34.4 Å². The summed E-state index contributed by atoms with van der Waals surface area (Å²) in [6.07, 6.45) is 5.19. The summed E-state index contributed by atoms with van der Waals surface area (Å²) in [5.41, 5.74) is 2.60. The Hall–Kier alpha value is -1.65. The lowest BCUT2D eigenvalue weighted by atomic mass is 10.3. The zero-order valence-electron chi connectivity index (χ0n) is 10.8. The van der Waals surface area contributed by atoms with Crippen LogP contribution in [0.25, 0.3) is 11.2 Å². The molecule has 3 aromatic heterocycles. The van der Waals surface area contributed by atoms with E-state index in [2.05, 4.69) is 15.0 Å². The third kappa shape index (κ3) is 2.49. The van der Waals surface area contributed by atoms with Gasteiger partial charge in [-0.25, -0.2) is 9.97 Å². The Bertz CT molecular complexity index is 738. The molecule has 6 heteroatoms. The van der Waals surface area contributed by atoms with Gasteiger partial charge in [-0.2, -0.15) is 0 Å². The van der Waals surface area contributed by atoms with E-state index in [9.17, 15) is 0 Å². The van der Waals surface area contributed by atoms with E-state index < -0.39 is 0 Å². The van der Waals surface area contributed by atoms with Gasteiger partial charge < -0.3 is 4.57 Å². The maximum absolute atomic E-state index is 6.23. The number of pyridine rings is 2. The first-order valence-corrected chi connectivity index (χ1v) is 7.01. The van der Waals surface area contributed by atoms with Crippen LogP contribution < -0.4 is 0 Å². The molecule has 0 fully saturated rings. The second-order valence-corrected chi connectivity index (χ2v) is 5.62. The number of nitrogens with zero attached hydrogens (tertiary/aromatic N) is 4. The van der Waals surface area contributed by atoms with Gasteiger partial charge in [0.1, 0.15) is 11.3 Å². The number of hydrogen-bond donors (Lipinski definition) is 0. The number of alkyl halides is 1. The van der Waals surface area contributed by atoms with E-state index in [4.69, 9.17) is 23.2 Å². The van der Waals surface area contributed by atoms with Gasteiger partial charge in [0.15, 0.2) is 5.65 Å². The Labute approximate surface area is 126 Å². The van der Waals surface area contributed by atoms with Gasteiger partial charge in [0.05, 0.1) is 16.9 Å². The summed E-state index contributed by atoms with van der Waals surface area (Å²) in [5, 5.41) is 0.358. The van der Waals surface area contributed by atoms with Crippen LogP contribution in [0, 0.1) is 0 Å². The summed E-state index contributed by atoms with van der Waals surface area (Å²) in [6, 6.07) is 5.71. The number of rotatable bonds is 3. The lowest BCUT2D eigenvalue weighted by Gasteiger charge is -2.09. The van der Waals surface area contributed by atoms with Gasteiger partial charge in [-0.1, -0.05) is 17.7 Å². The maximum atomic E-state index is 6.23. The Morgan fingerprint density at radius 3 is 2.90 bits per heavy atom. The minimum atomic E-state index is -0.209. The van der Waals surface area contributed by atoms with Gasteiger partial charge in [0.2, 0.25) is 0 Å². The topological polar surface area (TPSA) is 43.6 Å². The molecule has 0 bridgehead atoms. The summed E-state index contributed by atoms with van der Waals surface area (Å²) in [6.45, 7) is 2.52. The van der Waals surface area contributed by atoms with E-state index >= 15 is 0 Å². The van der Waals surface area contributed by atoms with E-state index in [0.717, 1.165) is 22.6 Å². The lowest BCUT2D eigenvalue weighted by Crippen LogP contribution is -2.06. The van der Waals surface area contributed by atoms with E-state index in [-0.39, 0.29) is 5.38 Å². The van der Waals surface area contributed by atoms with Crippen LogP contribution in [0.2, 0.25) is 5.02 Å². The fourth-order valence-corrected chi connectivity index (χ4v) is 2.46. The highest BCUT2D eigenvalue weighted by atomic mass is 35.5. The molecule has 3 heterocycles. The highest BCUT2D eigenvalue weighted by Crippen LogP contribution is 2.25. The summed E-state index contributed by atoms with van der Waals surface area (Å²) in [5.74, 6) is 0.778. The van der Waals surface area contributed by atoms with Crippen molar-refractivity contribution in [2.24, 2.45) is 0 Å². The molecule has 20 heavy (non-hydrogen) atoms. The first-order valence-electron chi connectivity index (χ1n) is 6.20. The van der Waals surface area contributed by atoms with Crippen molar-refractivity contribution in [3.63, 3.8) is 0 Å². The van der Waals surface area contributed by atoms with Crippen molar-refractivity contribution in [3.05, 3.63) is 53.2 Å². The third-order valence-corrected chi connectivity index (χ3v) is 3.40. The molecule has 0 spiro atoms. The molecule has 0 radical (unpaired) electrons. The van der Waals surface area contributed by atoms with Crippen LogP contribution in [0.4, 0.5) is 0 Å². The fraction of sp³-hybridized carbons (Fsp3) is 0.214. The van der Waals surface area contributed by atoms with Crippen LogP contribution in [-0.4, -0.2) is 19.5 Å². The molecule has 0 aromatic carbocycles. The van der Waals surface area contributed by atoms with Gasteiger partial charge >= 0.3 is 0 Å². The first kappa shape index (κ1) is 13.3. The highest BCUT2D eigenvalue weighted by molar-refractivity contribution is 6.31. The predicted octanol–water partition coefficient (Wildman–Crippen LogP) is 3.83. The summed E-state index contributed by atoms with van der Waals surface area (Å²) < 4.78 is 2.00. The van der Waals surface area contributed by atoms with E-state index in [0.29, 0.717) is 11.6 Å². The zero-order chi connectivity index (χ0) is 14.1. The Balaban J connectivity index is 2.14. The molecule has 0 saturated carbocycles. The molecule has 0 saturated heterocycles. The minimum Gasteiger partial charge on any atom is -0.307 e. The number of fused-ring (bicyclic) bond motifs is 1. The van der Waals surface area contributed by atoms with E-state index in [1.807, 2.05) is 29.8 Å². The monoisotopic (exact) mass is 306 g/mol. The van der Waals surface area contributed by atoms with Crippen LogP contribution in [0.1, 0.15) is 23.7 Å². The van der Waals surface area contributed by atoms with Crippen molar-refractivity contribution in [1.82, 2.24) is 19.5 Å². The van der Waals surface area contributed by atoms with Crippen LogP contribution in [0.5, 0.6) is 0 Å². The zero-order valence-corrected chi connectivity index (χ0v) is 12.3. The van der Waals surface area contributed by atoms with Crippen LogP contribution in [0.3, 0.4) is 0 Å². The molecule has 4 nitrogen and oxygen atoms in total. The lowest BCUT2D eigenvalue weighted by molar-refractivity contribution is 0.734. The average Bonchev–Trinajstić information content (AvgIpc) is 2.78. The van der Waals surface area contributed by atoms with Crippen LogP contribution >= 0.6 is 23.2 Å².